The lowest BCUT2D eigenvalue weighted by Crippen LogP contribution is -2.65. The molecular formula is C46H36OSi. The maximum atomic E-state index is 8.85. The summed E-state index contributed by atoms with van der Waals surface area (Å²) in [6, 6.07) is 57.7. The zero-order valence-electron chi connectivity index (χ0n) is 30.0. The van der Waals surface area contributed by atoms with E-state index >= 15 is 0 Å². The van der Waals surface area contributed by atoms with Gasteiger partial charge in [0.1, 0.15) is 19.6 Å². The first kappa shape index (κ1) is 25.6. The largest absolute Gasteiger partial charge is 0.457 e. The Morgan fingerprint density at radius 1 is 0.479 bits per heavy atom. The fourth-order valence-corrected chi connectivity index (χ4v) is 11.8. The zero-order valence-corrected chi connectivity index (χ0v) is 28.0. The van der Waals surface area contributed by atoms with Gasteiger partial charge in [-0.3, -0.25) is 0 Å². The zero-order chi connectivity index (χ0) is 35.0. The van der Waals surface area contributed by atoms with Gasteiger partial charge < -0.3 is 4.74 Å². The van der Waals surface area contributed by atoms with Crippen molar-refractivity contribution >= 4 is 23.6 Å². The van der Waals surface area contributed by atoms with Gasteiger partial charge in [-0.25, -0.2) is 0 Å². The van der Waals surface area contributed by atoms with Crippen LogP contribution in [-0.4, -0.2) is 8.07 Å². The van der Waals surface area contributed by atoms with Crippen molar-refractivity contribution in [2.24, 2.45) is 0 Å². The molecule has 2 atom stereocenters. The van der Waals surface area contributed by atoms with E-state index in [1.807, 2.05) is 43.3 Å². The van der Waals surface area contributed by atoms with Crippen LogP contribution in [0.1, 0.15) is 29.0 Å². The molecule has 0 radical (unpaired) electrons. The molecule has 0 aromatic heterocycles. The molecule has 7 aromatic carbocycles. The van der Waals surface area contributed by atoms with Crippen LogP contribution in [0.4, 0.5) is 0 Å². The first-order valence-corrected chi connectivity index (χ1v) is 19.1. The summed E-state index contributed by atoms with van der Waals surface area (Å²) in [6.45, 7) is 1.93. The second-order valence-electron chi connectivity index (χ2n) is 13.3. The van der Waals surface area contributed by atoms with Crippen molar-refractivity contribution in [1.82, 2.24) is 0 Å². The normalized spacial score (nSPS) is 17.8. The highest BCUT2D eigenvalue weighted by Gasteiger charge is 2.42. The van der Waals surface area contributed by atoms with Crippen LogP contribution in [-0.2, 0) is 5.41 Å². The Bertz CT molecular complexity index is 2480. The molecule has 1 nitrogen and oxygen atoms in total. The summed E-state index contributed by atoms with van der Waals surface area (Å²) in [4.78, 5) is 0. The molecule has 1 heterocycles. The van der Waals surface area contributed by atoms with Crippen LogP contribution in [0, 0.1) is 0 Å². The molecule has 48 heavy (non-hydrogen) atoms. The van der Waals surface area contributed by atoms with Gasteiger partial charge in [-0.15, -0.1) is 0 Å². The molecule has 0 N–H and O–H groups in total. The third kappa shape index (κ3) is 4.16. The third-order valence-corrected chi connectivity index (χ3v) is 15.0. The Kier molecular flexibility index (Phi) is 5.77. The Balaban J connectivity index is 1.35. The Morgan fingerprint density at radius 3 is 1.58 bits per heavy atom. The van der Waals surface area contributed by atoms with Gasteiger partial charge in [0.25, 0.3) is 0 Å². The summed E-state index contributed by atoms with van der Waals surface area (Å²) in [5, 5.41) is 3.50. The molecule has 1 aliphatic carbocycles. The van der Waals surface area contributed by atoms with Crippen molar-refractivity contribution in [3.8, 4) is 56.0 Å². The van der Waals surface area contributed by atoms with Gasteiger partial charge in [0.15, 0.2) is 0 Å². The molecule has 2 aliphatic rings. The summed E-state index contributed by atoms with van der Waals surface area (Å²) >= 11 is 0. The fraction of sp³-hybridized carbons (Fsp3) is 0.0870. The molecule has 7 aromatic rings. The molecule has 230 valence electrons. The maximum Gasteiger partial charge on any atom is 0.150 e. The fourth-order valence-electron chi connectivity index (χ4n) is 8.08. The summed E-state index contributed by atoms with van der Waals surface area (Å²) in [5.74, 6) is 1.27. The van der Waals surface area contributed by atoms with E-state index in [-0.39, 0.29) is 0 Å². The summed E-state index contributed by atoms with van der Waals surface area (Å²) in [5.41, 5.74) is 9.77. The molecule has 2 unspecified atom stereocenters. The second kappa shape index (κ2) is 10.8. The molecule has 2 heteroatoms. The minimum Gasteiger partial charge on any atom is -0.457 e. The monoisotopic (exact) mass is 635 g/mol. The Hall–Kier alpha value is -5.44. The lowest BCUT2D eigenvalue weighted by molar-refractivity contribution is 0.421. The van der Waals surface area contributed by atoms with Gasteiger partial charge in [0, 0.05) is 20.7 Å². The Labute approximate surface area is 288 Å². The number of hydrogen-bond donors (Lipinski definition) is 0. The van der Waals surface area contributed by atoms with Crippen LogP contribution in [0.5, 0.6) is 11.5 Å². The van der Waals surface area contributed by atoms with E-state index in [0.29, 0.717) is 22.6 Å². The highest BCUT2D eigenvalue weighted by atomic mass is 28.3. The molecule has 0 saturated carbocycles. The van der Waals surface area contributed by atoms with E-state index in [9.17, 15) is 0 Å². The highest BCUT2D eigenvalue weighted by molar-refractivity contribution is 7.11. The lowest BCUT2D eigenvalue weighted by atomic mass is 9.76. The van der Waals surface area contributed by atoms with Crippen molar-refractivity contribution < 1.29 is 8.85 Å². The topological polar surface area (TPSA) is 9.23 Å². The van der Waals surface area contributed by atoms with Gasteiger partial charge in [-0.2, -0.15) is 0 Å². The Morgan fingerprint density at radius 2 is 0.979 bits per heavy atom. The van der Waals surface area contributed by atoms with E-state index in [1.54, 1.807) is 0 Å². The maximum absolute atomic E-state index is 8.85. The summed E-state index contributed by atoms with van der Waals surface area (Å²) in [7, 11) is -2.88. The number of fused-ring (bicyclic) bond motifs is 10. The van der Waals surface area contributed by atoms with E-state index in [4.69, 9.17) is 8.85 Å². The number of hydrogen-bond acceptors (Lipinski definition) is 1. The lowest BCUT2D eigenvalue weighted by Gasteiger charge is -2.39. The minimum absolute atomic E-state index is 0.600. The highest BCUT2D eigenvalue weighted by Crippen LogP contribution is 2.49. The third-order valence-electron chi connectivity index (χ3n) is 10.6. The SMILES string of the molecule is [2H]C([2H])([2H])C1(C)c2ccccc2Oc2c1cccc2[Si](C)(c1ccccc1)c1ccc2c(c1)-c1ccccc1-c1ccccc1-c1ccccc1-2. The van der Waals surface area contributed by atoms with Crippen LogP contribution in [0.3, 0.4) is 0 Å². The van der Waals surface area contributed by atoms with Crippen molar-refractivity contribution in [2.45, 2.75) is 25.7 Å². The molecule has 0 spiro atoms. The molecular weight excluding hydrogens is 597 g/mol. The van der Waals surface area contributed by atoms with E-state index in [2.05, 4.69) is 134 Å². The number of rotatable bonds is 3. The van der Waals surface area contributed by atoms with E-state index in [0.717, 1.165) is 5.19 Å². The number of ether oxygens (including phenoxy) is 1. The minimum atomic E-state index is -2.88. The molecule has 0 fully saturated rings. The standard InChI is InChI=1S/C46H36OSi/c1-46(2)41-24-13-14-26-43(41)47-45-42(46)25-15-27-44(45)48(3,31-16-5-4-6-17-31)32-28-29-39-37-22-10-9-20-35(37)33-18-7-8-19-34(33)36-21-11-12-23-38(36)40(39)30-32/h4-30H,1-3H3/i1D3. The van der Waals surface area contributed by atoms with Gasteiger partial charge >= 0.3 is 0 Å². The average molecular weight is 636 g/mol. The molecule has 0 bridgehead atoms. The van der Waals surface area contributed by atoms with Crippen molar-refractivity contribution in [3.63, 3.8) is 0 Å². The first-order valence-electron chi connectivity index (χ1n) is 18.1. The van der Waals surface area contributed by atoms with E-state index in [1.165, 1.54) is 54.9 Å². The quantitative estimate of drug-likeness (QED) is 0.139. The van der Waals surface area contributed by atoms with Gasteiger partial charge in [-0.1, -0.05) is 178 Å². The van der Waals surface area contributed by atoms with Crippen molar-refractivity contribution in [3.05, 3.63) is 175 Å². The van der Waals surface area contributed by atoms with Crippen LogP contribution in [0.25, 0.3) is 44.5 Å². The molecule has 0 saturated heterocycles. The van der Waals surface area contributed by atoms with Crippen LogP contribution in [0.2, 0.25) is 6.55 Å². The average Bonchev–Trinajstić information content (AvgIpc) is 3.17. The van der Waals surface area contributed by atoms with Crippen LogP contribution >= 0.6 is 0 Å². The summed E-state index contributed by atoms with van der Waals surface area (Å²) in [6.07, 6.45) is 0. The predicted molar refractivity (Wildman–Crippen MR) is 204 cm³/mol. The first-order chi connectivity index (χ1) is 24.7. The summed E-state index contributed by atoms with van der Waals surface area (Å²) < 4.78 is 33.4. The van der Waals surface area contributed by atoms with Gasteiger partial charge in [0.05, 0.1) is 0 Å². The smallest absolute Gasteiger partial charge is 0.150 e. The van der Waals surface area contributed by atoms with Gasteiger partial charge in [-0.05, 0) is 66.1 Å². The number of benzene rings is 7. The van der Waals surface area contributed by atoms with E-state index < -0.39 is 20.3 Å². The van der Waals surface area contributed by atoms with Crippen LogP contribution in [0.15, 0.2) is 164 Å². The van der Waals surface area contributed by atoms with Gasteiger partial charge in [0.2, 0.25) is 0 Å². The predicted octanol–water partition coefficient (Wildman–Crippen LogP) is 10.2. The molecule has 1 aliphatic heterocycles. The van der Waals surface area contributed by atoms with Crippen molar-refractivity contribution in [1.29, 1.82) is 0 Å². The molecule has 9 rings (SSSR count). The number of para-hydroxylation sites is 2. The van der Waals surface area contributed by atoms with Crippen LogP contribution < -0.4 is 20.3 Å². The van der Waals surface area contributed by atoms with Crippen molar-refractivity contribution in [2.75, 3.05) is 0 Å². The molecule has 0 amide bonds. The second-order valence-corrected chi connectivity index (χ2v) is 17.2.